The van der Waals surface area contributed by atoms with Crippen LogP contribution in [0.15, 0.2) is 18.2 Å². The minimum absolute atomic E-state index is 0.0447. The molecule has 0 spiro atoms. The summed E-state index contributed by atoms with van der Waals surface area (Å²) in [7, 11) is 0. The first-order valence-corrected chi connectivity index (χ1v) is 5.46. The van der Waals surface area contributed by atoms with Crippen LogP contribution in [0.1, 0.15) is 18.4 Å². The van der Waals surface area contributed by atoms with Gasteiger partial charge >= 0.3 is 5.97 Å². The average molecular weight is 240 g/mol. The number of hydrogen-bond donors (Lipinski definition) is 2. The molecule has 1 aromatic carbocycles. The van der Waals surface area contributed by atoms with Gasteiger partial charge in [0.05, 0.1) is 5.92 Å². The van der Waals surface area contributed by atoms with E-state index in [-0.39, 0.29) is 11.3 Å². The molecule has 1 aromatic heterocycles. The van der Waals surface area contributed by atoms with E-state index in [0.717, 1.165) is 11.3 Å². The van der Waals surface area contributed by atoms with Crippen molar-refractivity contribution in [2.45, 2.75) is 12.8 Å². The van der Waals surface area contributed by atoms with Gasteiger partial charge in [-0.05, 0) is 30.5 Å². The Labute approximate surface area is 94.8 Å². The highest BCUT2D eigenvalue weighted by atomic mass is 32.1. The Kier molecular flexibility index (Phi) is 2.55. The molecular formula is C11H9FO3S. The second kappa shape index (κ2) is 3.75. The van der Waals surface area contributed by atoms with Crippen LogP contribution in [0, 0.1) is 5.13 Å². The smallest absolute Gasteiger partial charge is 0.310 e. The Morgan fingerprint density at radius 3 is 2.81 bits per heavy atom. The lowest BCUT2D eigenvalue weighted by Gasteiger charge is -2.04. The third-order valence-corrected chi connectivity index (χ3v) is 3.43. The first-order valence-electron chi connectivity index (χ1n) is 4.64. The van der Waals surface area contributed by atoms with E-state index in [9.17, 15) is 14.3 Å². The number of thiophene rings is 1. The van der Waals surface area contributed by atoms with Crippen LogP contribution in [0.3, 0.4) is 0 Å². The normalized spacial score (nSPS) is 12.9. The van der Waals surface area contributed by atoms with Gasteiger partial charge in [-0.1, -0.05) is 0 Å². The van der Waals surface area contributed by atoms with Crippen LogP contribution < -0.4 is 0 Å². The predicted octanol–water partition coefficient (Wildman–Crippen LogP) is 2.93. The van der Waals surface area contributed by atoms with Crippen molar-refractivity contribution in [2.75, 3.05) is 0 Å². The fourth-order valence-corrected chi connectivity index (χ4v) is 2.66. The quantitative estimate of drug-likeness (QED) is 0.848. The molecule has 2 N–H and O–H groups in total. The molecule has 0 fully saturated rings. The molecule has 1 heterocycles. The number of aliphatic carboxylic acids is 1. The minimum Gasteiger partial charge on any atom is -0.508 e. The summed E-state index contributed by atoms with van der Waals surface area (Å²) in [6.45, 7) is 1.44. The Hall–Kier alpha value is -1.62. The molecule has 84 valence electrons. The molecule has 0 amide bonds. The molecule has 0 aliphatic rings. The molecule has 3 nitrogen and oxygen atoms in total. The van der Waals surface area contributed by atoms with E-state index in [4.69, 9.17) is 5.11 Å². The third kappa shape index (κ3) is 1.63. The highest BCUT2D eigenvalue weighted by Gasteiger charge is 2.23. The standard InChI is InChI=1S/C11H9FO3S/c1-5(11(14)15)9-7-3-2-6(13)4-8(7)16-10(9)12/h2-5,13H,1H3,(H,14,15). The summed E-state index contributed by atoms with van der Waals surface area (Å²) in [6, 6.07) is 4.40. The van der Waals surface area contributed by atoms with Crippen LogP contribution in [0.4, 0.5) is 4.39 Å². The molecule has 0 aliphatic heterocycles. The summed E-state index contributed by atoms with van der Waals surface area (Å²) in [5.74, 6) is -1.91. The molecular weight excluding hydrogens is 231 g/mol. The molecule has 2 rings (SSSR count). The van der Waals surface area contributed by atoms with Crippen molar-refractivity contribution < 1.29 is 19.4 Å². The van der Waals surface area contributed by atoms with E-state index in [2.05, 4.69) is 0 Å². The van der Waals surface area contributed by atoms with Crippen molar-refractivity contribution in [1.29, 1.82) is 0 Å². The summed E-state index contributed by atoms with van der Waals surface area (Å²) in [5, 5.41) is 18.2. The first-order chi connectivity index (χ1) is 7.50. The Morgan fingerprint density at radius 1 is 1.50 bits per heavy atom. The van der Waals surface area contributed by atoms with Gasteiger partial charge in [-0.25, -0.2) is 0 Å². The van der Waals surface area contributed by atoms with Gasteiger partial charge in [0.1, 0.15) is 5.75 Å². The highest BCUT2D eigenvalue weighted by molar-refractivity contribution is 7.17. The number of rotatable bonds is 2. The molecule has 1 unspecified atom stereocenters. The fraction of sp³-hybridized carbons (Fsp3) is 0.182. The zero-order chi connectivity index (χ0) is 11.9. The SMILES string of the molecule is CC(C(=O)O)c1c(F)sc2cc(O)ccc12. The van der Waals surface area contributed by atoms with Crippen molar-refractivity contribution in [3.8, 4) is 5.75 Å². The van der Waals surface area contributed by atoms with Crippen LogP contribution in [0.25, 0.3) is 10.1 Å². The Morgan fingerprint density at radius 2 is 2.19 bits per heavy atom. The van der Waals surface area contributed by atoms with Crippen LogP contribution >= 0.6 is 11.3 Å². The second-order valence-electron chi connectivity index (χ2n) is 3.53. The Balaban J connectivity index is 2.69. The van der Waals surface area contributed by atoms with Crippen LogP contribution in [0.2, 0.25) is 0 Å². The third-order valence-electron chi connectivity index (χ3n) is 2.47. The van der Waals surface area contributed by atoms with Gasteiger partial charge in [0.2, 0.25) is 0 Å². The maximum absolute atomic E-state index is 13.6. The lowest BCUT2D eigenvalue weighted by atomic mass is 10.0. The molecule has 0 saturated heterocycles. The molecule has 5 heteroatoms. The predicted molar refractivity (Wildman–Crippen MR) is 59.5 cm³/mol. The maximum Gasteiger partial charge on any atom is 0.310 e. The zero-order valence-corrected chi connectivity index (χ0v) is 9.21. The largest absolute Gasteiger partial charge is 0.508 e. The molecule has 1 atom stereocenters. The van der Waals surface area contributed by atoms with Crippen molar-refractivity contribution in [3.05, 3.63) is 28.9 Å². The van der Waals surface area contributed by atoms with Gasteiger partial charge in [0.25, 0.3) is 0 Å². The van der Waals surface area contributed by atoms with Crippen LogP contribution in [0.5, 0.6) is 5.75 Å². The summed E-state index contributed by atoms with van der Waals surface area (Å²) in [6.07, 6.45) is 0. The fourth-order valence-electron chi connectivity index (χ4n) is 1.60. The summed E-state index contributed by atoms with van der Waals surface area (Å²) < 4.78 is 14.2. The van der Waals surface area contributed by atoms with E-state index < -0.39 is 17.0 Å². The summed E-state index contributed by atoms with van der Waals surface area (Å²) >= 11 is 0.849. The lowest BCUT2D eigenvalue weighted by Crippen LogP contribution is -2.07. The number of hydrogen-bond acceptors (Lipinski definition) is 3. The van der Waals surface area contributed by atoms with E-state index in [0.29, 0.717) is 10.1 Å². The Bertz CT molecular complexity index is 562. The van der Waals surface area contributed by atoms with E-state index in [1.807, 2.05) is 0 Å². The number of fused-ring (bicyclic) bond motifs is 1. The molecule has 2 aromatic rings. The van der Waals surface area contributed by atoms with Crippen molar-refractivity contribution in [1.82, 2.24) is 0 Å². The second-order valence-corrected chi connectivity index (χ2v) is 4.53. The van der Waals surface area contributed by atoms with Crippen LogP contribution in [-0.4, -0.2) is 16.2 Å². The van der Waals surface area contributed by atoms with Crippen molar-refractivity contribution >= 4 is 27.4 Å². The highest BCUT2D eigenvalue weighted by Crippen LogP contribution is 2.36. The van der Waals surface area contributed by atoms with Crippen LogP contribution in [-0.2, 0) is 4.79 Å². The maximum atomic E-state index is 13.6. The average Bonchev–Trinajstić information content (AvgIpc) is 2.51. The first kappa shape index (κ1) is 10.9. The molecule has 16 heavy (non-hydrogen) atoms. The van der Waals surface area contributed by atoms with E-state index >= 15 is 0 Å². The van der Waals surface area contributed by atoms with E-state index in [1.165, 1.54) is 19.1 Å². The molecule has 0 aliphatic carbocycles. The monoisotopic (exact) mass is 240 g/mol. The number of carboxylic acid groups (broad SMARTS) is 1. The zero-order valence-electron chi connectivity index (χ0n) is 8.40. The van der Waals surface area contributed by atoms with Gasteiger partial charge in [0.15, 0.2) is 5.13 Å². The van der Waals surface area contributed by atoms with Gasteiger partial charge in [-0.3, -0.25) is 4.79 Å². The number of phenolic OH excluding ortho intramolecular Hbond substituents is 1. The number of carboxylic acids is 1. The number of phenols is 1. The van der Waals surface area contributed by atoms with Crippen molar-refractivity contribution in [2.24, 2.45) is 0 Å². The van der Waals surface area contributed by atoms with Gasteiger partial charge < -0.3 is 10.2 Å². The molecule has 0 radical (unpaired) electrons. The topological polar surface area (TPSA) is 57.5 Å². The molecule has 0 saturated carbocycles. The summed E-state index contributed by atoms with van der Waals surface area (Å²) in [4.78, 5) is 10.8. The summed E-state index contributed by atoms with van der Waals surface area (Å²) in [5.41, 5.74) is 0.188. The number of benzene rings is 1. The van der Waals surface area contributed by atoms with E-state index in [1.54, 1.807) is 6.07 Å². The molecule has 0 bridgehead atoms. The number of aromatic hydroxyl groups is 1. The van der Waals surface area contributed by atoms with Gasteiger partial charge in [-0.15, -0.1) is 11.3 Å². The van der Waals surface area contributed by atoms with Crippen molar-refractivity contribution in [3.63, 3.8) is 0 Å². The number of carbonyl (C=O) groups is 1. The van der Waals surface area contributed by atoms with Gasteiger partial charge in [-0.2, -0.15) is 4.39 Å². The number of halogens is 1. The minimum atomic E-state index is -1.06. The van der Waals surface area contributed by atoms with Gasteiger partial charge in [0, 0.05) is 10.3 Å². The lowest BCUT2D eigenvalue weighted by molar-refractivity contribution is -0.138.